The van der Waals surface area contributed by atoms with Gasteiger partial charge in [-0.25, -0.2) is 4.98 Å². The molecule has 1 aromatic heterocycles. The van der Waals surface area contributed by atoms with Gasteiger partial charge in [0.1, 0.15) is 0 Å². The minimum absolute atomic E-state index is 0.0331. The molecule has 2 aliphatic rings. The highest BCUT2D eigenvalue weighted by atomic mass is 16.2. The highest BCUT2D eigenvalue weighted by Crippen LogP contribution is 2.47. The number of nitrogens with zero attached hydrogens (tertiary/aromatic N) is 3. The number of carbonyl (C=O) groups is 2. The van der Waals surface area contributed by atoms with Crippen LogP contribution in [0.15, 0.2) is 48.8 Å². The molecular formula is C24H26N4O2. The highest BCUT2D eigenvalue weighted by molar-refractivity contribution is 6.09. The van der Waals surface area contributed by atoms with Gasteiger partial charge < -0.3 is 14.8 Å². The maximum absolute atomic E-state index is 13.6. The lowest BCUT2D eigenvalue weighted by molar-refractivity contribution is -0.122. The molecule has 0 radical (unpaired) electrons. The van der Waals surface area contributed by atoms with Crippen molar-refractivity contribution < 1.29 is 9.59 Å². The predicted octanol–water partition coefficient (Wildman–Crippen LogP) is 3.74. The summed E-state index contributed by atoms with van der Waals surface area (Å²) in [4.78, 5) is 37.9. The molecule has 6 nitrogen and oxygen atoms in total. The zero-order valence-corrected chi connectivity index (χ0v) is 17.4. The van der Waals surface area contributed by atoms with Crippen LogP contribution in [0.5, 0.6) is 0 Å². The molecule has 3 aromatic rings. The van der Waals surface area contributed by atoms with Crippen molar-refractivity contribution in [2.24, 2.45) is 5.92 Å². The molecule has 0 saturated carbocycles. The van der Waals surface area contributed by atoms with Crippen LogP contribution in [0.25, 0.3) is 11.0 Å². The summed E-state index contributed by atoms with van der Waals surface area (Å²) in [5.74, 6) is 0.638. The number of rotatable bonds is 4. The normalized spacial score (nSPS) is 20.7. The Kier molecular flexibility index (Phi) is 4.38. The van der Waals surface area contributed by atoms with Crippen LogP contribution in [0.1, 0.15) is 42.6 Å². The number of aromatic nitrogens is 2. The van der Waals surface area contributed by atoms with Crippen LogP contribution in [-0.2, 0) is 10.2 Å². The molecule has 154 valence electrons. The summed E-state index contributed by atoms with van der Waals surface area (Å²) < 4.78 is 0. The molecule has 1 spiro atoms. The highest BCUT2D eigenvalue weighted by Gasteiger charge is 2.54. The summed E-state index contributed by atoms with van der Waals surface area (Å²) in [7, 11) is 0. The number of amides is 2. The Morgan fingerprint density at radius 1 is 1.23 bits per heavy atom. The van der Waals surface area contributed by atoms with E-state index in [1.807, 2.05) is 46.2 Å². The third-order valence-corrected chi connectivity index (χ3v) is 6.52. The number of hydrogen-bond acceptors (Lipinski definition) is 3. The lowest BCUT2D eigenvalue weighted by Gasteiger charge is -2.25. The lowest BCUT2D eigenvalue weighted by Crippen LogP contribution is -2.43. The lowest BCUT2D eigenvalue weighted by atomic mass is 9.81. The standard InChI is InChI=1S/C24H26N4O2/c1-16(2)9-11-28-21-6-4-3-5-18(21)24(23(28)30)10-12-27(14-24)22(29)17-7-8-19-20(13-17)26-15-25-19/h3-8,13,15-16H,9-12,14H2,1-2H3,(H,25,26). The summed E-state index contributed by atoms with van der Waals surface area (Å²) in [5.41, 5.74) is 3.76. The SMILES string of the molecule is CC(C)CCN1C(=O)C2(CCN(C(=O)c3ccc4nc[nH]c4c3)C2)c2ccccc21. The Balaban J connectivity index is 1.44. The van der Waals surface area contributed by atoms with Crippen LogP contribution in [0.2, 0.25) is 0 Å². The Hall–Kier alpha value is -3.15. The smallest absolute Gasteiger partial charge is 0.253 e. The van der Waals surface area contributed by atoms with Crippen LogP contribution in [0, 0.1) is 5.92 Å². The average Bonchev–Trinajstić information content (AvgIpc) is 3.45. The van der Waals surface area contributed by atoms with E-state index in [0.29, 0.717) is 31.0 Å². The summed E-state index contributed by atoms with van der Waals surface area (Å²) >= 11 is 0. The zero-order valence-electron chi connectivity index (χ0n) is 17.4. The van der Waals surface area contributed by atoms with Gasteiger partial charge in [0.25, 0.3) is 5.91 Å². The summed E-state index contributed by atoms with van der Waals surface area (Å²) in [6.07, 6.45) is 3.26. The van der Waals surface area contributed by atoms with Crippen molar-refractivity contribution >= 4 is 28.5 Å². The van der Waals surface area contributed by atoms with Gasteiger partial charge in [-0.05, 0) is 48.6 Å². The van der Waals surface area contributed by atoms with E-state index in [0.717, 1.165) is 35.2 Å². The Bertz CT molecular complexity index is 1130. The molecule has 2 aromatic carbocycles. The molecule has 1 atom stereocenters. The van der Waals surface area contributed by atoms with Gasteiger partial charge in [-0.2, -0.15) is 0 Å². The Morgan fingerprint density at radius 3 is 2.90 bits per heavy atom. The van der Waals surface area contributed by atoms with Crippen molar-refractivity contribution in [3.8, 4) is 0 Å². The largest absolute Gasteiger partial charge is 0.345 e. The minimum Gasteiger partial charge on any atom is -0.345 e. The second kappa shape index (κ2) is 6.97. The van der Waals surface area contributed by atoms with E-state index in [4.69, 9.17) is 0 Å². The van der Waals surface area contributed by atoms with Crippen molar-refractivity contribution in [2.75, 3.05) is 24.5 Å². The van der Waals surface area contributed by atoms with Gasteiger partial charge in [-0.3, -0.25) is 9.59 Å². The molecule has 3 heterocycles. The quantitative estimate of drug-likeness (QED) is 0.723. The van der Waals surface area contributed by atoms with E-state index in [1.165, 1.54) is 0 Å². The maximum Gasteiger partial charge on any atom is 0.253 e. The Morgan fingerprint density at radius 2 is 2.07 bits per heavy atom. The third kappa shape index (κ3) is 2.82. The molecule has 30 heavy (non-hydrogen) atoms. The summed E-state index contributed by atoms with van der Waals surface area (Å²) in [6, 6.07) is 13.6. The van der Waals surface area contributed by atoms with Crippen molar-refractivity contribution in [3.05, 3.63) is 59.9 Å². The predicted molar refractivity (Wildman–Crippen MR) is 117 cm³/mol. The van der Waals surface area contributed by atoms with Crippen molar-refractivity contribution in [1.82, 2.24) is 14.9 Å². The van der Waals surface area contributed by atoms with Crippen molar-refractivity contribution in [2.45, 2.75) is 32.1 Å². The van der Waals surface area contributed by atoms with E-state index >= 15 is 0 Å². The van der Waals surface area contributed by atoms with E-state index in [9.17, 15) is 9.59 Å². The molecule has 1 saturated heterocycles. The number of fused-ring (bicyclic) bond motifs is 3. The summed E-state index contributed by atoms with van der Waals surface area (Å²) in [6.45, 7) is 6.09. The number of carbonyl (C=O) groups excluding carboxylic acids is 2. The number of hydrogen-bond donors (Lipinski definition) is 1. The first-order chi connectivity index (χ1) is 14.5. The fraction of sp³-hybridized carbons (Fsp3) is 0.375. The molecule has 2 amide bonds. The van der Waals surface area contributed by atoms with E-state index in [1.54, 1.807) is 6.33 Å². The summed E-state index contributed by atoms with van der Waals surface area (Å²) in [5, 5.41) is 0. The maximum atomic E-state index is 13.6. The number of likely N-dealkylation sites (tertiary alicyclic amines) is 1. The fourth-order valence-corrected chi connectivity index (χ4v) is 4.83. The van der Waals surface area contributed by atoms with Crippen LogP contribution in [0.4, 0.5) is 5.69 Å². The van der Waals surface area contributed by atoms with E-state index in [-0.39, 0.29) is 11.8 Å². The molecule has 0 bridgehead atoms. The monoisotopic (exact) mass is 402 g/mol. The fourth-order valence-electron chi connectivity index (χ4n) is 4.83. The first-order valence-corrected chi connectivity index (χ1v) is 10.6. The first kappa shape index (κ1) is 18.9. The molecule has 6 heteroatoms. The molecule has 2 aliphatic heterocycles. The second-order valence-corrected chi connectivity index (χ2v) is 8.85. The first-order valence-electron chi connectivity index (χ1n) is 10.6. The second-order valence-electron chi connectivity index (χ2n) is 8.85. The number of aromatic amines is 1. The van der Waals surface area contributed by atoms with Gasteiger partial charge >= 0.3 is 0 Å². The van der Waals surface area contributed by atoms with Gasteiger partial charge in [-0.1, -0.05) is 32.0 Å². The number of nitrogens with one attached hydrogen (secondary N) is 1. The zero-order chi connectivity index (χ0) is 20.9. The number of H-pyrrole nitrogens is 1. The molecular weight excluding hydrogens is 376 g/mol. The van der Waals surface area contributed by atoms with Gasteiger partial charge in [0.2, 0.25) is 5.91 Å². The number of para-hydroxylation sites is 1. The van der Waals surface area contributed by atoms with Gasteiger partial charge in [-0.15, -0.1) is 0 Å². The van der Waals surface area contributed by atoms with Crippen LogP contribution in [0.3, 0.4) is 0 Å². The number of anilines is 1. The number of imidazole rings is 1. The molecule has 1 N–H and O–H groups in total. The molecule has 0 aliphatic carbocycles. The molecule has 1 unspecified atom stereocenters. The topological polar surface area (TPSA) is 69.3 Å². The van der Waals surface area contributed by atoms with Crippen LogP contribution < -0.4 is 4.90 Å². The number of benzene rings is 2. The van der Waals surface area contributed by atoms with Crippen molar-refractivity contribution in [1.29, 1.82) is 0 Å². The van der Waals surface area contributed by atoms with E-state index in [2.05, 4.69) is 29.9 Å². The van der Waals surface area contributed by atoms with Gasteiger partial charge in [0, 0.05) is 30.9 Å². The van der Waals surface area contributed by atoms with Crippen molar-refractivity contribution in [3.63, 3.8) is 0 Å². The van der Waals surface area contributed by atoms with Gasteiger partial charge in [0.15, 0.2) is 0 Å². The minimum atomic E-state index is -0.624. The third-order valence-electron chi connectivity index (χ3n) is 6.52. The van der Waals surface area contributed by atoms with Gasteiger partial charge in [0.05, 0.1) is 22.8 Å². The average molecular weight is 402 g/mol. The molecule has 5 rings (SSSR count). The van der Waals surface area contributed by atoms with E-state index < -0.39 is 5.41 Å². The molecule has 1 fully saturated rings. The van der Waals surface area contributed by atoms with Crippen LogP contribution in [-0.4, -0.2) is 46.3 Å². The Labute approximate surface area is 175 Å². The van der Waals surface area contributed by atoms with Crippen LogP contribution >= 0.6 is 0 Å².